The van der Waals surface area contributed by atoms with E-state index >= 15 is 0 Å². The van der Waals surface area contributed by atoms with Crippen molar-refractivity contribution in [3.8, 4) is 0 Å². The predicted molar refractivity (Wildman–Crippen MR) is 67.0 cm³/mol. The van der Waals surface area contributed by atoms with Crippen LogP contribution in [0.5, 0.6) is 0 Å². The number of nitrogen functional groups attached to an aromatic ring is 1. The zero-order chi connectivity index (χ0) is 12.2. The highest BCUT2D eigenvalue weighted by molar-refractivity contribution is 7.16. The molecule has 2 aliphatic rings. The van der Waals surface area contributed by atoms with Gasteiger partial charge in [-0.25, -0.2) is 4.79 Å². The summed E-state index contributed by atoms with van der Waals surface area (Å²) in [5.41, 5.74) is 14.0. The Balaban J connectivity index is 2.08. The van der Waals surface area contributed by atoms with Gasteiger partial charge in [-0.3, -0.25) is 0 Å². The van der Waals surface area contributed by atoms with Crippen molar-refractivity contribution in [2.75, 3.05) is 12.8 Å². The predicted octanol–water partition coefficient (Wildman–Crippen LogP) is 1.84. The quantitative estimate of drug-likeness (QED) is 0.748. The Morgan fingerprint density at radius 1 is 1.53 bits per heavy atom. The molecule has 92 valence electrons. The van der Waals surface area contributed by atoms with Crippen LogP contribution in [-0.2, 0) is 11.2 Å². The van der Waals surface area contributed by atoms with E-state index in [0.717, 1.165) is 18.4 Å². The van der Waals surface area contributed by atoms with Crippen molar-refractivity contribution in [1.82, 2.24) is 0 Å². The van der Waals surface area contributed by atoms with Gasteiger partial charge >= 0.3 is 5.97 Å². The van der Waals surface area contributed by atoms with E-state index in [0.29, 0.717) is 16.0 Å². The second-order valence-electron chi connectivity index (χ2n) is 5.16. The van der Waals surface area contributed by atoms with E-state index in [4.69, 9.17) is 16.2 Å². The Hall–Kier alpha value is -1.07. The first-order valence-electron chi connectivity index (χ1n) is 5.81. The summed E-state index contributed by atoms with van der Waals surface area (Å²) in [7, 11) is 1.38. The minimum absolute atomic E-state index is 0.0658. The van der Waals surface area contributed by atoms with Crippen molar-refractivity contribution in [2.45, 2.75) is 31.7 Å². The summed E-state index contributed by atoms with van der Waals surface area (Å²) in [6, 6.07) is -0.0658. The Bertz CT molecular complexity index is 491. The fourth-order valence-electron chi connectivity index (χ4n) is 2.89. The summed E-state index contributed by atoms with van der Waals surface area (Å²) in [6.07, 6.45) is 4.51. The maximum Gasteiger partial charge on any atom is 0.341 e. The smallest absolute Gasteiger partial charge is 0.341 e. The molecule has 2 aliphatic carbocycles. The summed E-state index contributed by atoms with van der Waals surface area (Å²) in [5.74, 6) is -0.359. The highest BCUT2D eigenvalue weighted by atomic mass is 32.1. The summed E-state index contributed by atoms with van der Waals surface area (Å²) in [6.45, 7) is 0. The van der Waals surface area contributed by atoms with Gasteiger partial charge in [-0.1, -0.05) is 0 Å². The molecule has 0 radical (unpaired) electrons. The largest absolute Gasteiger partial charge is 0.465 e. The van der Waals surface area contributed by atoms with Crippen LogP contribution < -0.4 is 11.5 Å². The van der Waals surface area contributed by atoms with Crippen molar-refractivity contribution in [3.05, 3.63) is 16.0 Å². The minimum atomic E-state index is -0.359. The number of fused-ring (bicyclic) bond motifs is 1. The lowest BCUT2D eigenvalue weighted by molar-refractivity contribution is 0.0600. The third-order valence-corrected chi connectivity index (χ3v) is 4.99. The molecule has 0 amide bonds. The highest BCUT2D eigenvalue weighted by Crippen LogP contribution is 2.59. The molecule has 1 saturated carbocycles. The average Bonchev–Trinajstić information content (AvgIpc) is 2.91. The zero-order valence-electron chi connectivity index (χ0n) is 9.79. The van der Waals surface area contributed by atoms with Gasteiger partial charge in [0.25, 0.3) is 0 Å². The van der Waals surface area contributed by atoms with Gasteiger partial charge in [-0.05, 0) is 36.7 Å². The number of rotatable bonds is 1. The first-order chi connectivity index (χ1) is 8.06. The van der Waals surface area contributed by atoms with Crippen LogP contribution in [0.2, 0.25) is 0 Å². The number of carbonyl (C=O) groups excluding carboxylic acids is 1. The molecule has 5 heteroatoms. The molecule has 1 unspecified atom stereocenters. The number of carbonyl (C=O) groups is 1. The van der Waals surface area contributed by atoms with Gasteiger partial charge in [-0.2, -0.15) is 0 Å². The molecule has 1 spiro atoms. The van der Waals surface area contributed by atoms with Crippen LogP contribution in [-0.4, -0.2) is 13.1 Å². The van der Waals surface area contributed by atoms with Gasteiger partial charge in [0.1, 0.15) is 5.00 Å². The molecule has 0 saturated heterocycles. The number of hydrogen-bond acceptors (Lipinski definition) is 5. The topological polar surface area (TPSA) is 78.3 Å². The van der Waals surface area contributed by atoms with Crippen LogP contribution in [0, 0.1) is 5.41 Å². The fraction of sp³-hybridized carbons (Fsp3) is 0.583. The van der Waals surface area contributed by atoms with Crippen LogP contribution in [0.25, 0.3) is 0 Å². The summed E-state index contributed by atoms with van der Waals surface area (Å²) in [5, 5.41) is 0.551. The van der Waals surface area contributed by atoms with E-state index < -0.39 is 0 Å². The summed E-state index contributed by atoms with van der Waals surface area (Å²) in [4.78, 5) is 12.9. The van der Waals surface area contributed by atoms with Crippen LogP contribution in [0.4, 0.5) is 5.00 Å². The maximum absolute atomic E-state index is 11.7. The van der Waals surface area contributed by atoms with Gasteiger partial charge in [0.15, 0.2) is 0 Å². The summed E-state index contributed by atoms with van der Waals surface area (Å²) >= 11 is 1.50. The van der Waals surface area contributed by atoms with Crippen molar-refractivity contribution in [3.63, 3.8) is 0 Å². The van der Waals surface area contributed by atoms with Crippen molar-refractivity contribution in [1.29, 1.82) is 0 Å². The van der Waals surface area contributed by atoms with Crippen molar-refractivity contribution in [2.24, 2.45) is 11.1 Å². The second kappa shape index (κ2) is 3.46. The van der Waals surface area contributed by atoms with Crippen LogP contribution in [0.15, 0.2) is 0 Å². The number of ether oxygens (including phenoxy) is 1. The lowest BCUT2D eigenvalue weighted by Crippen LogP contribution is -2.25. The molecule has 4 nitrogen and oxygen atoms in total. The van der Waals surface area contributed by atoms with Crippen LogP contribution in [0.1, 0.15) is 46.1 Å². The number of nitrogens with two attached hydrogens (primary N) is 2. The molecule has 17 heavy (non-hydrogen) atoms. The van der Waals surface area contributed by atoms with Gasteiger partial charge in [0.05, 0.1) is 12.7 Å². The minimum Gasteiger partial charge on any atom is -0.465 e. The number of hydrogen-bond donors (Lipinski definition) is 2. The van der Waals surface area contributed by atoms with Crippen LogP contribution in [0.3, 0.4) is 0 Å². The Morgan fingerprint density at radius 3 is 2.82 bits per heavy atom. The molecule has 1 heterocycles. The number of esters is 1. The van der Waals surface area contributed by atoms with Gasteiger partial charge in [0, 0.05) is 10.9 Å². The van der Waals surface area contributed by atoms with E-state index in [1.807, 2.05) is 0 Å². The summed E-state index contributed by atoms with van der Waals surface area (Å²) < 4.78 is 4.79. The molecule has 4 N–H and O–H groups in total. The van der Waals surface area contributed by atoms with E-state index in [1.165, 1.54) is 36.2 Å². The molecule has 1 aromatic heterocycles. The van der Waals surface area contributed by atoms with E-state index in [9.17, 15) is 4.79 Å². The molecular formula is C12H16N2O2S. The van der Waals surface area contributed by atoms with Crippen molar-refractivity contribution < 1.29 is 9.53 Å². The average molecular weight is 252 g/mol. The molecule has 1 fully saturated rings. The first-order valence-corrected chi connectivity index (χ1v) is 6.63. The molecular weight excluding hydrogens is 236 g/mol. The monoisotopic (exact) mass is 252 g/mol. The van der Waals surface area contributed by atoms with E-state index in [2.05, 4.69) is 0 Å². The standard InChI is InChI=1S/C12H16N2O2S/c1-16-11(15)9-8-6(13)4-12(2-3-12)5-7(8)17-10(9)14/h6H,2-5,13-14H2,1H3. The SMILES string of the molecule is COC(=O)c1c(N)sc2c1C(N)CC1(CC1)C2. The zero-order valence-corrected chi connectivity index (χ0v) is 10.6. The Kier molecular flexibility index (Phi) is 2.25. The number of thiophene rings is 1. The van der Waals surface area contributed by atoms with E-state index in [1.54, 1.807) is 0 Å². The molecule has 3 rings (SSSR count). The molecule has 0 bridgehead atoms. The van der Waals surface area contributed by atoms with Gasteiger partial charge < -0.3 is 16.2 Å². The molecule has 0 aliphatic heterocycles. The maximum atomic E-state index is 11.7. The Labute approximate surface area is 104 Å². The second-order valence-corrected chi connectivity index (χ2v) is 6.29. The Morgan fingerprint density at radius 2 is 2.24 bits per heavy atom. The third-order valence-electron chi connectivity index (χ3n) is 3.96. The molecule has 1 atom stereocenters. The lowest BCUT2D eigenvalue weighted by Gasteiger charge is -2.27. The fourth-order valence-corrected chi connectivity index (χ4v) is 4.19. The first kappa shape index (κ1) is 11.0. The molecule has 0 aromatic carbocycles. The van der Waals surface area contributed by atoms with Crippen LogP contribution >= 0.6 is 11.3 Å². The number of methoxy groups -OCH3 is 1. The van der Waals surface area contributed by atoms with Gasteiger partial charge in [0.2, 0.25) is 0 Å². The molecule has 1 aromatic rings. The van der Waals surface area contributed by atoms with Crippen molar-refractivity contribution >= 4 is 22.3 Å². The number of anilines is 1. The third kappa shape index (κ3) is 1.57. The van der Waals surface area contributed by atoms with Gasteiger partial charge in [-0.15, -0.1) is 11.3 Å². The lowest BCUT2D eigenvalue weighted by atomic mass is 9.81. The highest BCUT2D eigenvalue weighted by Gasteiger charge is 2.49. The normalized spacial score (nSPS) is 24.5. The van der Waals surface area contributed by atoms with E-state index in [-0.39, 0.29) is 12.0 Å².